The number of amides is 2. The lowest BCUT2D eigenvalue weighted by Gasteiger charge is -2.13. The molecule has 2 aromatic rings. The first-order valence-corrected chi connectivity index (χ1v) is 8.78. The first-order valence-electron chi connectivity index (χ1n) is 8.78. The van der Waals surface area contributed by atoms with Gasteiger partial charge >= 0.3 is 0 Å². The summed E-state index contributed by atoms with van der Waals surface area (Å²) in [5, 5.41) is 8.91. The van der Waals surface area contributed by atoms with Crippen LogP contribution in [0.2, 0.25) is 0 Å². The zero-order valence-corrected chi connectivity index (χ0v) is 16.1. The molecule has 0 heterocycles. The Labute approximate surface area is 155 Å². The van der Waals surface area contributed by atoms with E-state index in [1.54, 1.807) is 6.07 Å². The number of carbonyl (C=O) groups is 2. The quantitative estimate of drug-likeness (QED) is 0.740. The maximum Gasteiger partial charge on any atom is 0.251 e. The van der Waals surface area contributed by atoms with E-state index in [9.17, 15) is 9.59 Å². The number of anilines is 2. The fourth-order valence-electron chi connectivity index (χ4n) is 2.67. The van der Waals surface area contributed by atoms with Gasteiger partial charge in [0.1, 0.15) is 0 Å². The van der Waals surface area contributed by atoms with Gasteiger partial charge in [-0.3, -0.25) is 9.59 Å². The molecular weight excluding hydrogens is 326 g/mol. The molecule has 2 aromatic carbocycles. The van der Waals surface area contributed by atoms with Crippen molar-refractivity contribution in [1.82, 2.24) is 5.32 Å². The smallest absolute Gasteiger partial charge is 0.251 e. The van der Waals surface area contributed by atoms with E-state index in [2.05, 4.69) is 16.0 Å². The van der Waals surface area contributed by atoms with Gasteiger partial charge in [-0.1, -0.05) is 17.7 Å². The molecule has 0 aliphatic carbocycles. The third-order valence-electron chi connectivity index (χ3n) is 4.00. The number of hydrogen-bond donors (Lipinski definition) is 3. The van der Waals surface area contributed by atoms with E-state index >= 15 is 0 Å². The predicted octanol–water partition coefficient (Wildman–Crippen LogP) is 3.80. The van der Waals surface area contributed by atoms with Crippen LogP contribution in [0.1, 0.15) is 40.9 Å². The van der Waals surface area contributed by atoms with E-state index in [4.69, 9.17) is 0 Å². The average Bonchev–Trinajstić information content (AvgIpc) is 2.55. The Morgan fingerprint density at radius 3 is 2.19 bits per heavy atom. The lowest BCUT2D eigenvalue weighted by molar-refractivity contribution is -0.114. The molecule has 0 fully saturated rings. The van der Waals surface area contributed by atoms with Gasteiger partial charge in [0, 0.05) is 23.0 Å². The molecule has 0 unspecified atom stereocenters. The molecule has 5 nitrogen and oxygen atoms in total. The minimum Gasteiger partial charge on any atom is -0.376 e. The van der Waals surface area contributed by atoms with Crippen LogP contribution >= 0.6 is 0 Å². The van der Waals surface area contributed by atoms with Gasteiger partial charge in [-0.25, -0.2) is 0 Å². The predicted molar refractivity (Wildman–Crippen MR) is 107 cm³/mol. The highest BCUT2D eigenvalue weighted by Gasteiger charge is 2.10. The van der Waals surface area contributed by atoms with Crippen LogP contribution in [0.5, 0.6) is 0 Å². The van der Waals surface area contributed by atoms with Gasteiger partial charge in [-0.05, 0) is 70.0 Å². The van der Waals surface area contributed by atoms with Crippen molar-refractivity contribution in [3.63, 3.8) is 0 Å². The van der Waals surface area contributed by atoms with Gasteiger partial charge in [-0.15, -0.1) is 0 Å². The number of benzene rings is 2. The fourth-order valence-corrected chi connectivity index (χ4v) is 2.67. The highest BCUT2D eigenvalue weighted by Crippen LogP contribution is 2.18. The van der Waals surface area contributed by atoms with Crippen molar-refractivity contribution in [3.8, 4) is 0 Å². The second-order valence-corrected chi connectivity index (χ2v) is 6.88. The molecule has 0 saturated heterocycles. The van der Waals surface area contributed by atoms with Gasteiger partial charge < -0.3 is 16.0 Å². The first-order chi connectivity index (χ1) is 12.3. The van der Waals surface area contributed by atoms with Crippen LogP contribution < -0.4 is 16.0 Å². The molecule has 0 saturated carbocycles. The Kier molecular flexibility index (Phi) is 6.39. The Morgan fingerprint density at radius 2 is 1.58 bits per heavy atom. The normalized spacial score (nSPS) is 10.5. The van der Waals surface area contributed by atoms with Crippen molar-refractivity contribution in [2.24, 2.45) is 0 Å². The molecule has 3 N–H and O–H groups in total. The fraction of sp³-hybridized carbons (Fsp3) is 0.333. The van der Waals surface area contributed by atoms with Crippen molar-refractivity contribution < 1.29 is 9.59 Å². The van der Waals surface area contributed by atoms with Crippen LogP contribution in [0.15, 0.2) is 36.4 Å². The average molecular weight is 353 g/mol. The summed E-state index contributed by atoms with van der Waals surface area (Å²) in [7, 11) is 0. The summed E-state index contributed by atoms with van der Waals surface area (Å²) >= 11 is 0. The van der Waals surface area contributed by atoms with Crippen molar-refractivity contribution >= 4 is 23.2 Å². The third kappa shape index (κ3) is 5.34. The van der Waals surface area contributed by atoms with Crippen molar-refractivity contribution in [2.75, 3.05) is 17.2 Å². The minimum absolute atomic E-state index is 0.0922. The maximum atomic E-state index is 12.2. The molecule has 26 heavy (non-hydrogen) atoms. The molecule has 0 bridgehead atoms. The van der Waals surface area contributed by atoms with Crippen LogP contribution in [-0.2, 0) is 4.79 Å². The molecule has 2 rings (SSSR count). The van der Waals surface area contributed by atoms with E-state index in [0.717, 1.165) is 28.1 Å². The Hall–Kier alpha value is -2.82. The Balaban J connectivity index is 1.96. The van der Waals surface area contributed by atoms with Crippen molar-refractivity contribution in [3.05, 3.63) is 58.7 Å². The molecular formula is C21H27N3O2. The SMILES string of the molecule is Cc1ccc(NC(=O)CNc2ccc(C(=O)NC(C)C)cc2C)c(C)c1. The second-order valence-electron chi connectivity index (χ2n) is 6.88. The summed E-state index contributed by atoms with van der Waals surface area (Å²) in [6, 6.07) is 11.4. The van der Waals surface area contributed by atoms with E-state index < -0.39 is 0 Å². The van der Waals surface area contributed by atoms with Gasteiger partial charge in [0.15, 0.2) is 0 Å². The number of hydrogen-bond acceptors (Lipinski definition) is 3. The standard InChI is InChI=1S/C21H27N3O2/c1-13(2)23-21(26)17-7-9-18(16(5)11-17)22-12-20(25)24-19-8-6-14(3)10-15(19)4/h6-11,13,22H,12H2,1-5H3,(H,23,26)(H,24,25). The van der Waals surface area contributed by atoms with Crippen LogP contribution in [0.25, 0.3) is 0 Å². The van der Waals surface area contributed by atoms with Crippen LogP contribution in [-0.4, -0.2) is 24.4 Å². The topological polar surface area (TPSA) is 70.2 Å². The highest BCUT2D eigenvalue weighted by molar-refractivity contribution is 5.96. The van der Waals surface area contributed by atoms with E-state index in [1.807, 2.05) is 65.0 Å². The minimum atomic E-state index is -0.113. The molecule has 138 valence electrons. The van der Waals surface area contributed by atoms with Crippen LogP contribution in [0.4, 0.5) is 11.4 Å². The zero-order valence-electron chi connectivity index (χ0n) is 16.1. The maximum absolute atomic E-state index is 12.2. The number of aryl methyl sites for hydroxylation is 3. The molecule has 5 heteroatoms. The molecule has 0 radical (unpaired) electrons. The van der Waals surface area contributed by atoms with E-state index in [0.29, 0.717) is 5.56 Å². The summed E-state index contributed by atoms with van der Waals surface area (Å²) in [4.78, 5) is 24.2. The van der Waals surface area contributed by atoms with Gasteiger partial charge in [0.05, 0.1) is 6.54 Å². The van der Waals surface area contributed by atoms with E-state index in [-0.39, 0.29) is 24.4 Å². The summed E-state index contributed by atoms with van der Waals surface area (Å²) in [6.45, 7) is 9.92. The van der Waals surface area contributed by atoms with Crippen LogP contribution in [0, 0.1) is 20.8 Å². The summed E-state index contributed by atoms with van der Waals surface area (Å²) in [5.74, 6) is -0.208. The molecule has 0 aliphatic heterocycles. The zero-order chi connectivity index (χ0) is 19.3. The number of nitrogens with one attached hydrogen (secondary N) is 3. The van der Waals surface area contributed by atoms with Gasteiger partial charge in [0.25, 0.3) is 5.91 Å². The summed E-state index contributed by atoms with van der Waals surface area (Å²) in [5.41, 5.74) is 5.38. The summed E-state index contributed by atoms with van der Waals surface area (Å²) < 4.78 is 0. The molecule has 0 atom stereocenters. The first kappa shape index (κ1) is 19.5. The lowest BCUT2D eigenvalue weighted by atomic mass is 10.1. The molecule has 0 spiro atoms. The highest BCUT2D eigenvalue weighted by atomic mass is 16.2. The van der Waals surface area contributed by atoms with Crippen molar-refractivity contribution in [2.45, 2.75) is 40.7 Å². The lowest BCUT2D eigenvalue weighted by Crippen LogP contribution is -2.30. The third-order valence-corrected chi connectivity index (χ3v) is 4.00. The van der Waals surface area contributed by atoms with Gasteiger partial charge in [0.2, 0.25) is 5.91 Å². The molecule has 0 aliphatic rings. The number of carbonyl (C=O) groups excluding carboxylic acids is 2. The Morgan fingerprint density at radius 1 is 0.923 bits per heavy atom. The summed E-state index contributed by atoms with van der Waals surface area (Å²) in [6.07, 6.45) is 0. The largest absolute Gasteiger partial charge is 0.376 e. The second kappa shape index (κ2) is 8.52. The van der Waals surface area contributed by atoms with E-state index in [1.165, 1.54) is 0 Å². The van der Waals surface area contributed by atoms with Gasteiger partial charge in [-0.2, -0.15) is 0 Å². The number of rotatable bonds is 6. The van der Waals surface area contributed by atoms with Crippen molar-refractivity contribution in [1.29, 1.82) is 0 Å². The Bertz CT molecular complexity index is 813. The monoisotopic (exact) mass is 353 g/mol. The molecule has 0 aromatic heterocycles. The van der Waals surface area contributed by atoms with Crippen LogP contribution in [0.3, 0.4) is 0 Å². The molecule has 2 amide bonds.